The van der Waals surface area contributed by atoms with Crippen LogP contribution < -0.4 is 5.32 Å². The van der Waals surface area contributed by atoms with Crippen molar-refractivity contribution in [1.82, 2.24) is 14.9 Å². The molecule has 1 fully saturated rings. The van der Waals surface area contributed by atoms with E-state index in [9.17, 15) is 13.6 Å². The predicted octanol–water partition coefficient (Wildman–Crippen LogP) is 3.26. The molecule has 4 nitrogen and oxygen atoms in total. The Morgan fingerprint density at radius 2 is 2.08 bits per heavy atom. The lowest BCUT2D eigenvalue weighted by Gasteiger charge is -2.30. The lowest BCUT2D eigenvalue weighted by atomic mass is 9.78. The van der Waals surface area contributed by atoms with Crippen LogP contribution in [-0.2, 0) is 23.7 Å². The van der Waals surface area contributed by atoms with Crippen LogP contribution in [0.5, 0.6) is 0 Å². The fourth-order valence-corrected chi connectivity index (χ4v) is 3.73. The van der Waals surface area contributed by atoms with Crippen molar-refractivity contribution in [3.8, 4) is 0 Å². The Bertz CT molecular complexity index is 751. The van der Waals surface area contributed by atoms with E-state index in [2.05, 4.69) is 10.3 Å². The molecule has 0 radical (unpaired) electrons. The lowest BCUT2D eigenvalue weighted by Crippen LogP contribution is -2.39. The Kier molecular flexibility index (Phi) is 5.16. The number of carbonyl (C=O) groups excluding carboxylic acids is 1. The van der Waals surface area contributed by atoms with Gasteiger partial charge in [0.25, 0.3) is 0 Å². The molecule has 0 aliphatic heterocycles. The van der Waals surface area contributed by atoms with E-state index in [0.717, 1.165) is 37.4 Å². The summed E-state index contributed by atoms with van der Waals surface area (Å²) in [7, 11) is 1.89. The maximum Gasteiger partial charge on any atom is 0.220 e. The topological polar surface area (TPSA) is 46.9 Å². The van der Waals surface area contributed by atoms with E-state index in [1.165, 1.54) is 6.07 Å². The number of nitrogens with one attached hydrogen (secondary N) is 1. The molecule has 1 aromatic carbocycles. The maximum atomic E-state index is 14.3. The van der Waals surface area contributed by atoms with Crippen molar-refractivity contribution < 1.29 is 13.6 Å². The molecule has 1 aliphatic rings. The summed E-state index contributed by atoms with van der Waals surface area (Å²) in [5, 5.41) is 2.93. The number of aryl methyl sites for hydroxylation is 2. The van der Waals surface area contributed by atoms with Crippen molar-refractivity contribution in [2.45, 2.75) is 43.9 Å². The number of hydrogen-bond donors (Lipinski definition) is 1. The fraction of sp³-hybridized carbons (Fsp3) is 0.474. The summed E-state index contributed by atoms with van der Waals surface area (Å²) in [5.74, 6) is -1.69. The van der Waals surface area contributed by atoms with E-state index in [1.54, 1.807) is 18.6 Å². The van der Waals surface area contributed by atoms with Crippen LogP contribution in [0.3, 0.4) is 0 Å². The van der Waals surface area contributed by atoms with Gasteiger partial charge in [-0.25, -0.2) is 13.8 Å². The highest BCUT2D eigenvalue weighted by molar-refractivity contribution is 5.76. The molecular formula is C19H23F2N3O. The average molecular weight is 347 g/mol. The van der Waals surface area contributed by atoms with E-state index in [0.29, 0.717) is 24.9 Å². The average Bonchev–Trinajstić information content (AvgIpc) is 3.23. The Hall–Kier alpha value is -2.24. The Balaban J connectivity index is 1.65. The van der Waals surface area contributed by atoms with Gasteiger partial charge in [0.1, 0.15) is 0 Å². The first-order valence-corrected chi connectivity index (χ1v) is 8.68. The van der Waals surface area contributed by atoms with Gasteiger partial charge >= 0.3 is 0 Å². The number of rotatable bonds is 6. The number of halogens is 2. The Morgan fingerprint density at radius 1 is 1.32 bits per heavy atom. The predicted molar refractivity (Wildman–Crippen MR) is 91.0 cm³/mol. The van der Waals surface area contributed by atoms with E-state index in [4.69, 9.17) is 0 Å². The third kappa shape index (κ3) is 3.72. The molecule has 6 heteroatoms. The number of benzene rings is 1. The molecule has 25 heavy (non-hydrogen) atoms. The second-order valence-electron chi connectivity index (χ2n) is 6.86. The smallest absolute Gasteiger partial charge is 0.220 e. The second-order valence-corrected chi connectivity index (χ2v) is 6.86. The molecule has 0 unspecified atom stereocenters. The van der Waals surface area contributed by atoms with Crippen molar-refractivity contribution in [3.63, 3.8) is 0 Å². The highest BCUT2D eigenvalue weighted by Crippen LogP contribution is 2.42. The van der Waals surface area contributed by atoms with Crippen molar-refractivity contribution in [2.24, 2.45) is 7.05 Å². The quantitative estimate of drug-likeness (QED) is 0.872. The molecule has 1 aromatic heterocycles. The zero-order chi connectivity index (χ0) is 17.9. The van der Waals surface area contributed by atoms with Crippen LogP contribution in [-0.4, -0.2) is 22.0 Å². The van der Waals surface area contributed by atoms with Gasteiger partial charge in [-0.2, -0.15) is 0 Å². The molecule has 0 atom stereocenters. The van der Waals surface area contributed by atoms with Gasteiger partial charge in [-0.05, 0) is 30.9 Å². The molecule has 0 saturated heterocycles. The van der Waals surface area contributed by atoms with Gasteiger partial charge in [-0.3, -0.25) is 4.79 Å². The number of amides is 1. The van der Waals surface area contributed by atoms with E-state index in [-0.39, 0.29) is 5.91 Å². The first-order chi connectivity index (χ1) is 12.0. The molecule has 1 heterocycles. The highest BCUT2D eigenvalue weighted by Gasteiger charge is 2.38. The number of imidazole rings is 1. The van der Waals surface area contributed by atoms with Crippen molar-refractivity contribution in [2.75, 3.05) is 6.54 Å². The summed E-state index contributed by atoms with van der Waals surface area (Å²) < 4.78 is 29.8. The van der Waals surface area contributed by atoms with Crippen LogP contribution in [0.25, 0.3) is 0 Å². The fourth-order valence-electron chi connectivity index (χ4n) is 3.73. The molecule has 1 aliphatic carbocycles. The molecule has 2 aromatic rings. The monoisotopic (exact) mass is 347 g/mol. The summed E-state index contributed by atoms with van der Waals surface area (Å²) in [6, 6.07) is 4.32. The first-order valence-electron chi connectivity index (χ1n) is 8.68. The third-order valence-electron chi connectivity index (χ3n) is 5.23. The molecule has 134 valence electrons. The largest absolute Gasteiger partial charge is 0.355 e. The molecule has 1 amide bonds. The first kappa shape index (κ1) is 17.6. The van der Waals surface area contributed by atoms with Gasteiger partial charge in [0, 0.05) is 37.3 Å². The summed E-state index contributed by atoms with van der Waals surface area (Å²) in [4.78, 5) is 16.3. The Labute approximate surface area is 146 Å². The summed E-state index contributed by atoms with van der Waals surface area (Å²) in [6.45, 7) is 0.345. The standard InChI is InChI=1S/C19H23F2N3O/c1-24-13-22-11-14(24)7-8-17(25)23-12-19(9-2-3-10-19)15-5-4-6-16(20)18(15)21/h4-6,11,13H,2-3,7-10,12H2,1H3,(H,23,25). The zero-order valence-corrected chi connectivity index (χ0v) is 14.4. The lowest BCUT2D eigenvalue weighted by molar-refractivity contribution is -0.121. The Morgan fingerprint density at radius 3 is 2.76 bits per heavy atom. The van der Waals surface area contributed by atoms with Gasteiger partial charge < -0.3 is 9.88 Å². The van der Waals surface area contributed by atoms with Crippen LogP contribution in [0.4, 0.5) is 8.78 Å². The van der Waals surface area contributed by atoms with E-state index < -0.39 is 17.0 Å². The molecule has 3 rings (SSSR count). The number of hydrogen-bond acceptors (Lipinski definition) is 2. The number of aromatic nitrogens is 2. The van der Waals surface area contributed by atoms with Gasteiger partial charge in [-0.15, -0.1) is 0 Å². The summed E-state index contributed by atoms with van der Waals surface area (Å²) in [6.07, 6.45) is 7.83. The van der Waals surface area contributed by atoms with Crippen LogP contribution in [0.2, 0.25) is 0 Å². The third-order valence-corrected chi connectivity index (χ3v) is 5.23. The van der Waals surface area contributed by atoms with E-state index in [1.807, 2.05) is 11.6 Å². The molecule has 0 bridgehead atoms. The van der Waals surface area contributed by atoms with Crippen LogP contribution in [0.15, 0.2) is 30.7 Å². The number of carbonyl (C=O) groups is 1. The zero-order valence-electron chi connectivity index (χ0n) is 14.4. The van der Waals surface area contributed by atoms with Crippen molar-refractivity contribution >= 4 is 5.91 Å². The molecular weight excluding hydrogens is 324 g/mol. The van der Waals surface area contributed by atoms with Crippen molar-refractivity contribution in [3.05, 3.63) is 53.6 Å². The van der Waals surface area contributed by atoms with Gasteiger partial charge in [-0.1, -0.05) is 25.0 Å². The highest BCUT2D eigenvalue weighted by atomic mass is 19.2. The normalized spacial score (nSPS) is 16.1. The minimum absolute atomic E-state index is 0.0794. The summed E-state index contributed by atoms with van der Waals surface area (Å²) >= 11 is 0. The van der Waals surface area contributed by atoms with Crippen LogP contribution >= 0.6 is 0 Å². The maximum absolute atomic E-state index is 14.3. The molecule has 1 N–H and O–H groups in total. The molecule has 1 saturated carbocycles. The van der Waals surface area contributed by atoms with Crippen molar-refractivity contribution in [1.29, 1.82) is 0 Å². The van der Waals surface area contributed by atoms with Gasteiger partial charge in [0.15, 0.2) is 11.6 Å². The van der Waals surface area contributed by atoms with Gasteiger partial charge in [0.05, 0.1) is 6.33 Å². The summed E-state index contributed by atoms with van der Waals surface area (Å²) in [5.41, 5.74) is 0.868. The number of nitrogens with zero attached hydrogens (tertiary/aromatic N) is 2. The molecule has 0 spiro atoms. The van der Waals surface area contributed by atoms with Gasteiger partial charge in [0.2, 0.25) is 5.91 Å². The SMILES string of the molecule is Cn1cncc1CCC(=O)NCC1(c2cccc(F)c2F)CCCC1. The minimum Gasteiger partial charge on any atom is -0.355 e. The van der Waals surface area contributed by atoms with Crippen LogP contribution in [0, 0.1) is 11.6 Å². The minimum atomic E-state index is -0.827. The van der Waals surface area contributed by atoms with Crippen LogP contribution in [0.1, 0.15) is 43.4 Å². The second kappa shape index (κ2) is 7.33. The van der Waals surface area contributed by atoms with E-state index >= 15 is 0 Å².